The monoisotopic (exact) mass is 236 g/mol. The molecule has 0 unspecified atom stereocenters. The molecule has 2 rings (SSSR count). The van der Waals surface area contributed by atoms with Crippen molar-refractivity contribution in [1.29, 1.82) is 0 Å². The molecular formula is C12H16N2O3. The molecule has 1 aliphatic rings. The Balaban J connectivity index is 2.57. The van der Waals surface area contributed by atoms with Gasteiger partial charge in [-0.15, -0.1) is 0 Å². The average Bonchev–Trinajstić information content (AvgIpc) is 2.62. The maximum absolute atomic E-state index is 11.6. The van der Waals surface area contributed by atoms with Gasteiger partial charge in [-0.25, -0.2) is 9.78 Å². The second kappa shape index (κ2) is 3.91. The van der Waals surface area contributed by atoms with Crippen LogP contribution in [0.4, 0.5) is 5.69 Å². The zero-order valence-electron chi connectivity index (χ0n) is 10.5. The third-order valence-electron chi connectivity index (χ3n) is 2.95. The Morgan fingerprint density at radius 1 is 1.47 bits per heavy atom. The van der Waals surface area contributed by atoms with Gasteiger partial charge in [-0.1, -0.05) is 13.8 Å². The van der Waals surface area contributed by atoms with Crippen LogP contribution in [0.2, 0.25) is 0 Å². The number of fused-ring (bicyclic) bond motifs is 1. The molecule has 1 aromatic heterocycles. The molecule has 17 heavy (non-hydrogen) atoms. The molecule has 0 saturated carbocycles. The van der Waals surface area contributed by atoms with Gasteiger partial charge in [-0.2, -0.15) is 0 Å². The van der Waals surface area contributed by atoms with E-state index in [9.17, 15) is 4.79 Å². The minimum absolute atomic E-state index is 0.0929. The van der Waals surface area contributed by atoms with E-state index in [0.29, 0.717) is 5.75 Å². The molecular weight excluding hydrogens is 220 g/mol. The van der Waals surface area contributed by atoms with Crippen molar-refractivity contribution in [3.63, 3.8) is 0 Å². The minimum atomic E-state index is -0.479. The molecule has 0 aromatic carbocycles. The van der Waals surface area contributed by atoms with Gasteiger partial charge in [0.25, 0.3) is 0 Å². The Morgan fingerprint density at radius 2 is 2.18 bits per heavy atom. The minimum Gasteiger partial charge on any atom is -0.494 e. The Labute approximate surface area is 100 Å². The van der Waals surface area contributed by atoms with Gasteiger partial charge in [0.05, 0.1) is 25.6 Å². The number of carbonyl (C=O) groups is 1. The lowest BCUT2D eigenvalue weighted by Crippen LogP contribution is -2.21. The van der Waals surface area contributed by atoms with E-state index in [4.69, 9.17) is 9.47 Å². The SMILES string of the molecule is COC(=O)c1nc2c(cc1OC)NCC2(C)C. The summed E-state index contributed by atoms with van der Waals surface area (Å²) in [5.74, 6) is -0.0480. The number of hydrogen-bond acceptors (Lipinski definition) is 5. The molecule has 0 bridgehead atoms. The number of nitrogens with one attached hydrogen (secondary N) is 1. The highest BCUT2D eigenvalue weighted by Gasteiger charge is 2.33. The Kier molecular flexibility index (Phi) is 2.69. The molecule has 0 amide bonds. The molecule has 5 nitrogen and oxygen atoms in total. The van der Waals surface area contributed by atoms with Gasteiger partial charge in [0.1, 0.15) is 0 Å². The van der Waals surface area contributed by atoms with Crippen molar-refractivity contribution < 1.29 is 14.3 Å². The first-order chi connectivity index (χ1) is 7.99. The van der Waals surface area contributed by atoms with E-state index in [1.165, 1.54) is 14.2 Å². The number of ether oxygens (including phenoxy) is 2. The first-order valence-corrected chi connectivity index (χ1v) is 5.41. The summed E-state index contributed by atoms with van der Waals surface area (Å²) < 4.78 is 9.86. The molecule has 2 heterocycles. The van der Waals surface area contributed by atoms with Gasteiger partial charge in [0, 0.05) is 18.0 Å². The van der Waals surface area contributed by atoms with E-state index in [1.54, 1.807) is 6.07 Å². The van der Waals surface area contributed by atoms with Gasteiger partial charge < -0.3 is 14.8 Å². The summed E-state index contributed by atoms with van der Waals surface area (Å²) in [6.45, 7) is 4.95. The lowest BCUT2D eigenvalue weighted by molar-refractivity contribution is 0.0589. The highest BCUT2D eigenvalue weighted by molar-refractivity contribution is 5.91. The number of anilines is 1. The van der Waals surface area contributed by atoms with Crippen LogP contribution in [-0.2, 0) is 10.2 Å². The van der Waals surface area contributed by atoms with Gasteiger partial charge in [-0.05, 0) is 0 Å². The molecule has 92 valence electrons. The van der Waals surface area contributed by atoms with Gasteiger partial charge in [0.2, 0.25) is 0 Å². The third-order valence-corrected chi connectivity index (χ3v) is 2.95. The predicted octanol–water partition coefficient (Wildman–Crippen LogP) is 1.58. The smallest absolute Gasteiger partial charge is 0.360 e. The van der Waals surface area contributed by atoms with Crippen molar-refractivity contribution >= 4 is 11.7 Å². The van der Waals surface area contributed by atoms with Crippen LogP contribution in [0.25, 0.3) is 0 Å². The Bertz CT molecular complexity index is 469. The summed E-state index contributed by atoms with van der Waals surface area (Å²) in [5.41, 5.74) is 1.92. The highest BCUT2D eigenvalue weighted by Crippen LogP contribution is 2.37. The first-order valence-electron chi connectivity index (χ1n) is 5.41. The van der Waals surface area contributed by atoms with Crippen LogP contribution in [0.1, 0.15) is 30.0 Å². The highest BCUT2D eigenvalue weighted by atomic mass is 16.5. The summed E-state index contributed by atoms with van der Waals surface area (Å²) in [6, 6.07) is 1.79. The fraction of sp³-hybridized carbons (Fsp3) is 0.500. The van der Waals surface area contributed by atoms with Crippen LogP contribution in [0.15, 0.2) is 6.07 Å². The normalized spacial score (nSPS) is 16.0. The van der Waals surface area contributed by atoms with Crippen molar-refractivity contribution in [3.8, 4) is 5.75 Å². The maximum Gasteiger partial charge on any atom is 0.360 e. The average molecular weight is 236 g/mol. The van der Waals surface area contributed by atoms with Crippen LogP contribution < -0.4 is 10.1 Å². The van der Waals surface area contributed by atoms with Crippen LogP contribution in [0.5, 0.6) is 5.75 Å². The molecule has 1 aliphatic heterocycles. The van der Waals surface area contributed by atoms with Gasteiger partial charge >= 0.3 is 5.97 Å². The number of methoxy groups -OCH3 is 2. The van der Waals surface area contributed by atoms with Crippen molar-refractivity contribution in [1.82, 2.24) is 4.98 Å². The van der Waals surface area contributed by atoms with Crippen molar-refractivity contribution in [2.24, 2.45) is 0 Å². The lowest BCUT2D eigenvalue weighted by atomic mass is 9.91. The predicted molar refractivity (Wildman–Crippen MR) is 63.6 cm³/mol. The second-order valence-electron chi connectivity index (χ2n) is 4.66. The Hall–Kier alpha value is -1.78. The molecule has 0 saturated heterocycles. The third kappa shape index (κ3) is 1.81. The van der Waals surface area contributed by atoms with Crippen LogP contribution in [-0.4, -0.2) is 31.7 Å². The number of esters is 1. The molecule has 0 fully saturated rings. The number of hydrogen-bond donors (Lipinski definition) is 1. The molecule has 0 aliphatic carbocycles. The number of pyridine rings is 1. The topological polar surface area (TPSA) is 60.5 Å². The number of aromatic nitrogens is 1. The largest absolute Gasteiger partial charge is 0.494 e. The van der Waals surface area contributed by atoms with E-state index < -0.39 is 5.97 Å². The second-order valence-corrected chi connectivity index (χ2v) is 4.66. The fourth-order valence-electron chi connectivity index (χ4n) is 1.94. The zero-order chi connectivity index (χ0) is 12.6. The van der Waals surface area contributed by atoms with Gasteiger partial charge in [-0.3, -0.25) is 0 Å². The molecule has 5 heteroatoms. The van der Waals surface area contributed by atoms with E-state index in [0.717, 1.165) is 17.9 Å². The summed E-state index contributed by atoms with van der Waals surface area (Å²) in [7, 11) is 2.84. The van der Waals surface area contributed by atoms with Crippen molar-refractivity contribution in [3.05, 3.63) is 17.5 Å². The quantitative estimate of drug-likeness (QED) is 0.790. The number of nitrogens with zero attached hydrogens (tertiary/aromatic N) is 1. The van der Waals surface area contributed by atoms with E-state index >= 15 is 0 Å². The molecule has 0 spiro atoms. The van der Waals surface area contributed by atoms with E-state index in [1.807, 2.05) is 0 Å². The Morgan fingerprint density at radius 3 is 2.76 bits per heavy atom. The van der Waals surface area contributed by atoms with Crippen LogP contribution in [0, 0.1) is 0 Å². The zero-order valence-corrected chi connectivity index (χ0v) is 10.5. The lowest BCUT2D eigenvalue weighted by Gasteiger charge is -2.16. The van der Waals surface area contributed by atoms with Crippen LogP contribution >= 0.6 is 0 Å². The first kappa shape index (κ1) is 11.7. The summed E-state index contributed by atoms with van der Waals surface area (Å²) in [5, 5.41) is 3.25. The van der Waals surface area contributed by atoms with Crippen LogP contribution in [0.3, 0.4) is 0 Å². The summed E-state index contributed by atoms with van der Waals surface area (Å²) in [4.78, 5) is 16.0. The molecule has 1 aromatic rings. The standard InChI is InChI=1S/C12H16N2O3/c1-12(2)6-13-7-5-8(16-3)9(11(15)17-4)14-10(7)12/h5,13H,6H2,1-4H3. The van der Waals surface area contributed by atoms with E-state index in [2.05, 4.69) is 24.1 Å². The van der Waals surface area contributed by atoms with E-state index in [-0.39, 0.29) is 11.1 Å². The molecule has 1 N–H and O–H groups in total. The van der Waals surface area contributed by atoms with Crippen molar-refractivity contribution in [2.45, 2.75) is 19.3 Å². The number of rotatable bonds is 2. The van der Waals surface area contributed by atoms with Gasteiger partial charge in [0.15, 0.2) is 11.4 Å². The summed E-state index contributed by atoms with van der Waals surface area (Å²) >= 11 is 0. The number of carbonyl (C=O) groups excluding carboxylic acids is 1. The molecule has 0 atom stereocenters. The molecule has 0 radical (unpaired) electrons. The maximum atomic E-state index is 11.6. The fourth-order valence-corrected chi connectivity index (χ4v) is 1.94. The summed E-state index contributed by atoms with van der Waals surface area (Å²) in [6.07, 6.45) is 0. The van der Waals surface area contributed by atoms with Crippen molar-refractivity contribution in [2.75, 3.05) is 26.1 Å².